The minimum atomic E-state index is -0.224. The van der Waals surface area contributed by atoms with Crippen LogP contribution in [0.4, 0.5) is 5.69 Å². The number of aryl methyl sites for hydroxylation is 2. The number of rotatable bonds is 5. The number of hydrogen-bond donors (Lipinski definition) is 1. The molecule has 3 aromatic carbocycles. The van der Waals surface area contributed by atoms with Crippen molar-refractivity contribution in [2.45, 2.75) is 19.9 Å². The zero-order chi connectivity index (χ0) is 18.6. The lowest BCUT2D eigenvalue weighted by Gasteiger charge is -2.19. The van der Waals surface area contributed by atoms with Gasteiger partial charge in [-0.15, -0.1) is 10.2 Å². The molecule has 1 heterocycles. The largest absolute Gasteiger partial charge is 0.418 e. The summed E-state index contributed by atoms with van der Waals surface area (Å²) < 4.78 is 6.04. The number of nitrogens with zero attached hydrogens (tertiary/aromatic N) is 2. The molecule has 4 heteroatoms. The molecule has 0 spiro atoms. The van der Waals surface area contributed by atoms with Gasteiger partial charge in [0, 0.05) is 11.3 Å². The SMILES string of the molecule is Cc1ccc(N[C@@H](c2ccccc2)c2nnc(-c3ccccc3)o2)c(C)c1. The first-order valence-electron chi connectivity index (χ1n) is 8.98. The molecule has 0 bridgehead atoms. The summed E-state index contributed by atoms with van der Waals surface area (Å²) in [6.07, 6.45) is 0. The molecule has 0 radical (unpaired) electrons. The Balaban J connectivity index is 1.72. The Morgan fingerprint density at radius 3 is 2.22 bits per heavy atom. The highest BCUT2D eigenvalue weighted by Gasteiger charge is 2.22. The molecular weight excluding hydrogens is 334 g/mol. The van der Waals surface area contributed by atoms with E-state index in [1.54, 1.807) is 0 Å². The van der Waals surface area contributed by atoms with E-state index in [2.05, 4.69) is 59.7 Å². The molecule has 1 atom stereocenters. The Bertz CT molecular complexity index is 1030. The van der Waals surface area contributed by atoms with Crippen LogP contribution in [0, 0.1) is 13.8 Å². The fourth-order valence-electron chi connectivity index (χ4n) is 3.11. The molecule has 1 aromatic heterocycles. The van der Waals surface area contributed by atoms with E-state index >= 15 is 0 Å². The highest BCUT2D eigenvalue weighted by atomic mass is 16.4. The summed E-state index contributed by atoms with van der Waals surface area (Å²) in [4.78, 5) is 0. The third kappa shape index (κ3) is 3.75. The van der Waals surface area contributed by atoms with Crippen LogP contribution in [-0.2, 0) is 0 Å². The van der Waals surface area contributed by atoms with Gasteiger partial charge in [-0.05, 0) is 43.2 Å². The highest BCUT2D eigenvalue weighted by Crippen LogP contribution is 2.29. The van der Waals surface area contributed by atoms with Crippen molar-refractivity contribution in [3.63, 3.8) is 0 Å². The Morgan fingerprint density at radius 2 is 1.52 bits per heavy atom. The lowest BCUT2D eigenvalue weighted by molar-refractivity contribution is 0.494. The van der Waals surface area contributed by atoms with Gasteiger partial charge >= 0.3 is 0 Å². The fourth-order valence-corrected chi connectivity index (χ4v) is 3.11. The van der Waals surface area contributed by atoms with E-state index in [0.717, 1.165) is 16.8 Å². The van der Waals surface area contributed by atoms with Crippen LogP contribution in [-0.4, -0.2) is 10.2 Å². The first kappa shape index (κ1) is 17.0. The van der Waals surface area contributed by atoms with Crippen LogP contribution < -0.4 is 5.32 Å². The Hall–Kier alpha value is -3.40. The summed E-state index contributed by atoms with van der Waals surface area (Å²) >= 11 is 0. The molecule has 0 amide bonds. The van der Waals surface area contributed by atoms with Gasteiger partial charge < -0.3 is 9.73 Å². The Labute approximate surface area is 158 Å². The lowest BCUT2D eigenvalue weighted by atomic mass is 10.0. The average molecular weight is 355 g/mol. The van der Waals surface area contributed by atoms with Crippen LogP contribution in [0.5, 0.6) is 0 Å². The van der Waals surface area contributed by atoms with Crippen LogP contribution in [0.15, 0.2) is 83.3 Å². The summed E-state index contributed by atoms with van der Waals surface area (Å²) in [5.74, 6) is 1.06. The van der Waals surface area contributed by atoms with E-state index in [4.69, 9.17) is 4.42 Å². The third-order valence-electron chi connectivity index (χ3n) is 4.52. The molecule has 0 unspecified atom stereocenters. The molecule has 0 aliphatic carbocycles. The summed E-state index contributed by atoms with van der Waals surface area (Å²) in [5, 5.41) is 12.2. The molecule has 134 valence electrons. The average Bonchev–Trinajstić information content (AvgIpc) is 3.19. The molecule has 0 aliphatic rings. The Kier molecular flexibility index (Phi) is 4.71. The van der Waals surface area contributed by atoms with E-state index in [-0.39, 0.29) is 6.04 Å². The smallest absolute Gasteiger partial charge is 0.247 e. The zero-order valence-corrected chi connectivity index (χ0v) is 15.4. The predicted molar refractivity (Wildman–Crippen MR) is 108 cm³/mol. The standard InChI is InChI=1S/C23H21N3O/c1-16-13-14-20(17(2)15-16)24-21(18-9-5-3-6-10-18)23-26-25-22(27-23)19-11-7-4-8-12-19/h3-15,21,24H,1-2H3/t21-/m0/s1. The number of hydrogen-bond acceptors (Lipinski definition) is 4. The first-order valence-corrected chi connectivity index (χ1v) is 8.98. The van der Waals surface area contributed by atoms with Gasteiger partial charge in [0.15, 0.2) is 0 Å². The van der Waals surface area contributed by atoms with Gasteiger partial charge in [-0.3, -0.25) is 0 Å². The van der Waals surface area contributed by atoms with Crippen LogP contribution in [0.2, 0.25) is 0 Å². The second-order valence-electron chi connectivity index (χ2n) is 6.62. The molecule has 4 aromatic rings. The number of benzene rings is 3. The fraction of sp³-hybridized carbons (Fsp3) is 0.130. The molecule has 0 saturated carbocycles. The molecule has 27 heavy (non-hydrogen) atoms. The molecule has 4 rings (SSSR count). The van der Waals surface area contributed by atoms with Crippen molar-refractivity contribution in [3.05, 3.63) is 101 Å². The quantitative estimate of drug-likeness (QED) is 0.509. The maximum absolute atomic E-state index is 6.04. The molecule has 0 fully saturated rings. The number of anilines is 1. The van der Waals surface area contributed by atoms with Crippen LogP contribution in [0.3, 0.4) is 0 Å². The molecule has 4 nitrogen and oxygen atoms in total. The van der Waals surface area contributed by atoms with E-state index in [0.29, 0.717) is 11.8 Å². The monoisotopic (exact) mass is 355 g/mol. The van der Waals surface area contributed by atoms with E-state index in [1.165, 1.54) is 11.1 Å². The topological polar surface area (TPSA) is 51.0 Å². The third-order valence-corrected chi connectivity index (χ3v) is 4.52. The normalized spacial score (nSPS) is 11.9. The second-order valence-corrected chi connectivity index (χ2v) is 6.62. The zero-order valence-electron chi connectivity index (χ0n) is 15.4. The minimum absolute atomic E-state index is 0.224. The van der Waals surface area contributed by atoms with E-state index < -0.39 is 0 Å². The van der Waals surface area contributed by atoms with Gasteiger partial charge in [0.1, 0.15) is 6.04 Å². The highest BCUT2D eigenvalue weighted by molar-refractivity contribution is 5.55. The summed E-state index contributed by atoms with van der Waals surface area (Å²) in [5.41, 5.74) is 5.45. The van der Waals surface area contributed by atoms with Crippen LogP contribution in [0.25, 0.3) is 11.5 Å². The first-order chi connectivity index (χ1) is 13.2. The summed E-state index contributed by atoms with van der Waals surface area (Å²) in [6, 6.07) is 26.1. The molecule has 0 saturated heterocycles. The molecule has 1 N–H and O–H groups in total. The maximum atomic E-state index is 6.04. The van der Waals surface area contributed by atoms with Crippen molar-refractivity contribution in [2.75, 3.05) is 5.32 Å². The van der Waals surface area contributed by atoms with E-state index in [1.807, 2.05) is 48.5 Å². The van der Waals surface area contributed by atoms with Crippen molar-refractivity contribution >= 4 is 5.69 Å². The number of nitrogens with one attached hydrogen (secondary N) is 1. The maximum Gasteiger partial charge on any atom is 0.247 e. The van der Waals surface area contributed by atoms with Gasteiger partial charge in [0.2, 0.25) is 11.8 Å². The van der Waals surface area contributed by atoms with Crippen molar-refractivity contribution in [3.8, 4) is 11.5 Å². The van der Waals surface area contributed by atoms with Gasteiger partial charge in [0.05, 0.1) is 0 Å². The van der Waals surface area contributed by atoms with Crippen LogP contribution >= 0.6 is 0 Å². The van der Waals surface area contributed by atoms with Crippen molar-refractivity contribution in [1.82, 2.24) is 10.2 Å². The molecular formula is C23H21N3O. The van der Waals surface area contributed by atoms with Crippen molar-refractivity contribution in [1.29, 1.82) is 0 Å². The van der Waals surface area contributed by atoms with Gasteiger partial charge in [-0.1, -0.05) is 66.2 Å². The second kappa shape index (κ2) is 7.46. The molecule has 0 aliphatic heterocycles. The van der Waals surface area contributed by atoms with Crippen molar-refractivity contribution < 1.29 is 4.42 Å². The Morgan fingerprint density at radius 1 is 0.815 bits per heavy atom. The van der Waals surface area contributed by atoms with E-state index in [9.17, 15) is 0 Å². The van der Waals surface area contributed by atoms with Gasteiger partial charge in [0.25, 0.3) is 0 Å². The summed E-state index contributed by atoms with van der Waals surface area (Å²) in [7, 11) is 0. The number of aromatic nitrogens is 2. The van der Waals surface area contributed by atoms with Crippen LogP contribution in [0.1, 0.15) is 28.6 Å². The van der Waals surface area contributed by atoms with Gasteiger partial charge in [-0.25, -0.2) is 0 Å². The van der Waals surface area contributed by atoms with Crippen molar-refractivity contribution in [2.24, 2.45) is 0 Å². The lowest BCUT2D eigenvalue weighted by Crippen LogP contribution is -2.13. The summed E-state index contributed by atoms with van der Waals surface area (Å²) in [6.45, 7) is 4.19. The minimum Gasteiger partial charge on any atom is -0.418 e. The predicted octanol–water partition coefficient (Wildman–Crippen LogP) is 5.55. The van der Waals surface area contributed by atoms with Gasteiger partial charge in [-0.2, -0.15) is 0 Å².